The predicted octanol–water partition coefficient (Wildman–Crippen LogP) is 2.69. The maximum Gasteiger partial charge on any atom is 0.00587 e. The lowest BCUT2D eigenvalue weighted by molar-refractivity contribution is 0.511. The van der Waals surface area contributed by atoms with E-state index in [0.717, 1.165) is 6.42 Å². The van der Waals surface area contributed by atoms with E-state index in [1.807, 2.05) is 6.07 Å². The van der Waals surface area contributed by atoms with Crippen molar-refractivity contribution in [3.05, 3.63) is 47.7 Å². The third-order valence-corrected chi connectivity index (χ3v) is 2.18. The molecule has 0 saturated heterocycles. The fourth-order valence-corrected chi connectivity index (χ4v) is 1.06. The second-order valence-corrected chi connectivity index (χ2v) is 3.43. The van der Waals surface area contributed by atoms with Crippen LogP contribution in [-0.4, -0.2) is 19.0 Å². The van der Waals surface area contributed by atoms with E-state index in [4.69, 9.17) is 0 Å². The van der Waals surface area contributed by atoms with Crippen molar-refractivity contribution in [1.29, 1.82) is 0 Å². The molecule has 1 nitrogen and oxygen atoms in total. The lowest BCUT2D eigenvalue weighted by Crippen LogP contribution is -2.08. The highest BCUT2D eigenvalue weighted by Gasteiger charge is 1.91. The highest BCUT2D eigenvalue weighted by molar-refractivity contribution is 5.18. The summed E-state index contributed by atoms with van der Waals surface area (Å²) >= 11 is 0. The van der Waals surface area contributed by atoms with Gasteiger partial charge in [-0.25, -0.2) is 0 Å². The molecule has 0 unspecified atom stereocenters. The topological polar surface area (TPSA) is 3.24 Å². The van der Waals surface area contributed by atoms with Gasteiger partial charge in [-0.1, -0.05) is 36.4 Å². The van der Waals surface area contributed by atoms with Crippen molar-refractivity contribution in [2.45, 2.75) is 13.3 Å². The molecule has 0 aromatic heterocycles. The minimum Gasteiger partial charge on any atom is -0.381 e. The summed E-state index contributed by atoms with van der Waals surface area (Å²) in [6, 6.07) is 10.5. The Hall–Kier alpha value is -1.24. The van der Waals surface area contributed by atoms with Gasteiger partial charge >= 0.3 is 0 Å². The van der Waals surface area contributed by atoms with E-state index in [2.05, 4.69) is 56.3 Å². The summed E-state index contributed by atoms with van der Waals surface area (Å²) in [6.07, 6.45) is 3.26. The monoisotopic (exact) mass is 175 g/mol. The fourth-order valence-electron chi connectivity index (χ4n) is 1.06. The number of hydrogen-bond acceptors (Lipinski definition) is 1. The largest absolute Gasteiger partial charge is 0.381 e. The van der Waals surface area contributed by atoms with E-state index in [9.17, 15) is 0 Å². The van der Waals surface area contributed by atoms with Crippen LogP contribution in [0.25, 0.3) is 0 Å². The first-order chi connectivity index (χ1) is 6.20. The predicted molar refractivity (Wildman–Crippen MR) is 57.6 cm³/mol. The molecule has 0 aliphatic rings. The molecule has 1 aromatic carbocycles. The summed E-state index contributed by atoms with van der Waals surface area (Å²) < 4.78 is 0. The molecule has 70 valence electrons. The Morgan fingerprint density at radius 1 is 1.23 bits per heavy atom. The first-order valence-electron chi connectivity index (χ1n) is 4.58. The lowest BCUT2D eigenvalue weighted by Gasteiger charge is -2.12. The number of rotatable bonds is 3. The maximum atomic E-state index is 2.25. The van der Waals surface area contributed by atoms with E-state index < -0.39 is 0 Å². The number of nitrogens with zero attached hydrogens (tertiary/aromatic N) is 1. The second kappa shape index (κ2) is 4.70. The van der Waals surface area contributed by atoms with Crippen LogP contribution in [0.3, 0.4) is 0 Å². The van der Waals surface area contributed by atoms with Crippen LogP contribution in [0, 0.1) is 0 Å². The van der Waals surface area contributed by atoms with Crippen molar-refractivity contribution in [2.75, 3.05) is 14.1 Å². The van der Waals surface area contributed by atoms with Gasteiger partial charge in [0, 0.05) is 19.8 Å². The van der Waals surface area contributed by atoms with E-state index in [-0.39, 0.29) is 0 Å². The van der Waals surface area contributed by atoms with Gasteiger partial charge in [0.25, 0.3) is 0 Å². The van der Waals surface area contributed by atoms with Gasteiger partial charge in [-0.3, -0.25) is 0 Å². The summed E-state index contributed by atoms with van der Waals surface area (Å²) in [5.41, 5.74) is 2.67. The molecular formula is C12H17N. The van der Waals surface area contributed by atoms with Crippen molar-refractivity contribution in [2.24, 2.45) is 0 Å². The Labute approximate surface area is 80.7 Å². The van der Waals surface area contributed by atoms with Gasteiger partial charge in [0.2, 0.25) is 0 Å². The molecule has 0 N–H and O–H groups in total. The standard InChI is InChI=1S/C12H17N/c1-11(13(2)3)9-10-12-7-5-4-6-8-12/h4-9H,10H2,1-3H3/b11-9-. The normalized spacial score (nSPS) is 11.5. The molecule has 0 aliphatic carbocycles. The Kier molecular flexibility index (Phi) is 3.56. The Balaban J connectivity index is 2.57. The summed E-state index contributed by atoms with van der Waals surface area (Å²) in [7, 11) is 4.13. The summed E-state index contributed by atoms with van der Waals surface area (Å²) in [5.74, 6) is 0. The molecular weight excluding hydrogens is 158 g/mol. The lowest BCUT2D eigenvalue weighted by atomic mass is 10.1. The van der Waals surface area contributed by atoms with Crippen LogP contribution in [-0.2, 0) is 6.42 Å². The first-order valence-corrected chi connectivity index (χ1v) is 4.58. The van der Waals surface area contributed by atoms with Gasteiger partial charge in [0.1, 0.15) is 0 Å². The van der Waals surface area contributed by atoms with E-state index in [0.29, 0.717) is 0 Å². The molecule has 0 radical (unpaired) electrons. The van der Waals surface area contributed by atoms with Crippen LogP contribution >= 0.6 is 0 Å². The van der Waals surface area contributed by atoms with Crippen LogP contribution in [0.15, 0.2) is 42.1 Å². The second-order valence-electron chi connectivity index (χ2n) is 3.43. The van der Waals surface area contributed by atoms with Crippen LogP contribution in [0.4, 0.5) is 0 Å². The Bertz CT molecular complexity index is 272. The number of allylic oxidation sites excluding steroid dienone is 2. The summed E-state index contributed by atoms with van der Waals surface area (Å²) in [4.78, 5) is 2.13. The zero-order valence-electron chi connectivity index (χ0n) is 8.62. The Morgan fingerprint density at radius 3 is 2.38 bits per heavy atom. The molecule has 13 heavy (non-hydrogen) atoms. The van der Waals surface area contributed by atoms with Gasteiger partial charge in [0.05, 0.1) is 0 Å². The highest BCUT2D eigenvalue weighted by atomic mass is 15.1. The number of benzene rings is 1. The van der Waals surface area contributed by atoms with Crippen molar-refractivity contribution in [1.82, 2.24) is 4.90 Å². The van der Waals surface area contributed by atoms with Gasteiger partial charge in [-0.2, -0.15) is 0 Å². The zero-order valence-corrected chi connectivity index (χ0v) is 8.62. The van der Waals surface area contributed by atoms with Crippen LogP contribution in [0.1, 0.15) is 12.5 Å². The molecule has 0 amide bonds. The van der Waals surface area contributed by atoms with E-state index in [1.165, 1.54) is 11.3 Å². The van der Waals surface area contributed by atoms with Gasteiger partial charge in [-0.15, -0.1) is 0 Å². The smallest absolute Gasteiger partial charge is 0.00587 e. The third-order valence-electron chi connectivity index (χ3n) is 2.18. The molecule has 0 bridgehead atoms. The van der Waals surface area contributed by atoms with Crippen molar-refractivity contribution < 1.29 is 0 Å². The van der Waals surface area contributed by atoms with E-state index >= 15 is 0 Å². The molecule has 0 fully saturated rings. The highest BCUT2D eigenvalue weighted by Crippen LogP contribution is 2.03. The van der Waals surface area contributed by atoms with Gasteiger partial charge in [-0.05, 0) is 18.9 Å². The van der Waals surface area contributed by atoms with Crippen LogP contribution in [0.2, 0.25) is 0 Å². The molecule has 1 heteroatoms. The van der Waals surface area contributed by atoms with E-state index in [1.54, 1.807) is 0 Å². The molecule has 0 saturated carbocycles. The maximum absolute atomic E-state index is 2.25. The Morgan fingerprint density at radius 2 is 1.85 bits per heavy atom. The molecule has 0 atom stereocenters. The summed E-state index contributed by atoms with van der Waals surface area (Å²) in [6.45, 7) is 2.13. The van der Waals surface area contributed by atoms with Crippen molar-refractivity contribution in [3.8, 4) is 0 Å². The quantitative estimate of drug-likeness (QED) is 0.682. The SMILES string of the molecule is C/C(=C/Cc1ccccc1)N(C)C. The van der Waals surface area contributed by atoms with Crippen molar-refractivity contribution >= 4 is 0 Å². The van der Waals surface area contributed by atoms with Gasteiger partial charge in [0.15, 0.2) is 0 Å². The van der Waals surface area contributed by atoms with Crippen LogP contribution < -0.4 is 0 Å². The zero-order chi connectivity index (χ0) is 9.68. The minimum absolute atomic E-state index is 1.02. The average molecular weight is 175 g/mol. The number of hydrogen-bond donors (Lipinski definition) is 0. The van der Waals surface area contributed by atoms with Crippen LogP contribution in [0.5, 0.6) is 0 Å². The molecule has 1 aromatic rings. The average Bonchev–Trinajstić information content (AvgIpc) is 2.15. The summed E-state index contributed by atoms with van der Waals surface area (Å²) in [5, 5.41) is 0. The fraction of sp³-hybridized carbons (Fsp3) is 0.333. The molecule has 1 rings (SSSR count). The molecule has 0 heterocycles. The third kappa shape index (κ3) is 3.32. The molecule has 0 aliphatic heterocycles. The van der Waals surface area contributed by atoms with Crippen molar-refractivity contribution in [3.63, 3.8) is 0 Å². The first kappa shape index (κ1) is 9.85. The minimum atomic E-state index is 1.02. The van der Waals surface area contributed by atoms with Gasteiger partial charge < -0.3 is 4.90 Å². The molecule has 0 spiro atoms.